The van der Waals surface area contributed by atoms with Gasteiger partial charge in [-0.05, 0) is 57.4 Å². The molecule has 0 radical (unpaired) electrons. The van der Waals surface area contributed by atoms with Gasteiger partial charge in [0.25, 0.3) is 0 Å². The maximum absolute atomic E-state index is 13.9. The number of rotatable bonds is 13. The van der Waals surface area contributed by atoms with Crippen molar-refractivity contribution in [1.82, 2.24) is 30.1 Å². The topological polar surface area (TPSA) is 64.0 Å². The number of benzene rings is 1. The molecule has 0 bridgehead atoms. The predicted molar refractivity (Wildman–Crippen MR) is 166 cm³/mol. The van der Waals surface area contributed by atoms with Crippen LogP contribution in [0, 0.1) is 5.82 Å². The number of hydrogen-bond acceptors (Lipinski definition) is 7. The average molecular weight is 561 g/mol. The third-order valence-corrected chi connectivity index (χ3v) is 8.76. The van der Waals surface area contributed by atoms with Crippen LogP contribution < -0.4 is 20.4 Å². The maximum Gasteiger partial charge on any atom is 0.160 e. The highest BCUT2D eigenvalue weighted by Gasteiger charge is 2.38. The molecule has 3 aromatic rings. The smallest absolute Gasteiger partial charge is 0.160 e. The van der Waals surface area contributed by atoms with Gasteiger partial charge in [0.05, 0.1) is 11.7 Å². The molecule has 2 saturated heterocycles. The summed E-state index contributed by atoms with van der Waals surface area (Å²) in [4.78, 5) is 12.1. The number of piperidine rings is 1. The molecule has 0 aliphatic carbocycles. The number of likely N-dealkylation sites (tertiary alicyclic amines) is 1. The molecule has 220 valence electrons. The van der Waals surface area contributed by atoms with E-state index in [9.17, 15) is 4.39 Å². The first kappa shape index (κ1) is 29.1. The van der Waals surface area contributed by atoms with Crippen molar-refractivity contribution in [3.8, 4) is 0 Å². The quantitative estimate of drug-likeness (QED) is 0.236. The first-order chi connectivity index (χ1) is 19.9. The van der Waals surface area contributed by atoms with E-state index in [2.05, 4.69) is 64.6 Å². The zero-order valence-corrected chi connectivity index (χ0v) is 24.9. The van der Waals surface area contributed by atoms with Gasteiger partial charge in [-0.1, -0.05) is 24.8 Å². The van der Waals surface area contributed by atoms with Crippen molar-refractivity contribution in [2.45, 2.75) is 44.1 Å². The van der Waals surface area contributed by atoms with Crippen molar-refractivity contribution in [3.05, 3.63) is 78.4 Å². The number of nitrogens with zero attached hydrogens (tertiary/aromatic N) is 6. The number of likely N-dealkylation sites (N-methyl/N-ethyl adjacent to an activating group) is 2. The molecule has 2 aliphatic heterocycles. The van der Waals surface area contributed by atoms with Crippen molar-refractivity contribution < 1.29 is 4.39 Å². The molecule has 0 spiro atoms. The Morgan fingerprint density at radius 1 is 1.17 bits per heavy atom. The van der Waals surface area contributed by atoms with Crippen LogP contribution in [0.2, 0.25) is 0 Å². The zero-order chi connectivity index (χ0) is 29.0. The van der Waals surface area contributed by atoms with Gasteiger partial charge in [-0.2, -0.15) is 9.61 Å². The largest absolute Gasteiger partial charge is 0.366 e. The van der Waals surface area contributed by atoms with Gasteiger partial charge in [0.15, 0.2) is 5.65 Å². The van der Waals surface area contributed by atoms with Crippen LogP contribution in [0.15, 0.2) is 61.3 Å². The highest BCUT2D eigenvalue weighted by Crippen LogP contribution is 2.41. The highest BCUT2D eigenvalue weighted by molar-refractivity contribution is 5.60. The summed E-state index contributed by atoms with van der Waals surface area (Å²) in [5.41, 5.74) is 3.51. The molecule has 5 rings (SSSR count). The lowest BCUT2D eigenvalue weighted by Crippen LogP contribution is -2.45. The molecule has 9 heteroatoms. The van der Waals surface area contributed by atoms with Gasteiger partial charge in [0, 0.05) is 76.1 Å². The summed E-state index contributed by atoms with van der Waals surface area (Å²) in [7, 11) is 4.09. The second-order valence-electron chi connectivity index (χ2n) is 11.6. The fraction of sp³-hybridized carbons (Fsp3) is 0.500. The molecular weight excluding hydrogens is 515 g/mol. The first-order valence-corrected chi connectivity index (χ1v) is 14.9. The Morgan fingerprint density at radius 3 is 2.63 bits per heavy atom. The molecule has 2 fully saturated rings. The summed E-state index contributed by atoms with van der Waals surface area (Å²) in [5.74, 6) is 1.83. The number of halogens is 1. The van der Waals surface area contributed by atoms with Crippen LogP contribution in [-0.4, -0.2) is 79.4 Å². The molecule has 2 N–H and O–H groups in total. The number of aromatic nitrogens is 3. The minimum Gasteiger partial charge on any atom is -0.366 e. The van der Waals surface area contributed by atoms with E-state index in [0.29, 0.717) is 13.1 Å². The monoisotopic (exact) mass is 560 g/mol. The predicted octanol–water partition coefficient (Wildman–Crippen LogP) is 4.51. The van der Waals surface area contributed by atoms with E-state index in [1.165, 1.54) is 18.6 Å². The Labute approximate surface area is 243 Å². The summed E-state index contributed by atoms with van der Waals surface area (Å²) < 4.78 is 15.9. The number of anilines is 2. The van der Waals surface area contributed by atoms with Crippen molar-refractivity contribution in [1.29, 1.82) is 0 Å². The van der Waals surface area contributed by atoms with E-state index in [0.717, 1.165) is 86.2 Å². The molecule has 41 heavy (non-hydrogen) atoms. The van der Waals surface area contributed by atoms with Crippen molar-refractivity contribution in [2.75, 3.05) is 69.7 Å². The molecule has 0 amide bonds. The van der Waals surface area contributed by atoms with Gasteiger partial charge >= 0.3 is 0 Å². The van der Waals surface area contributed by atoms with E-state index < -0.39 is 5.41 Å². The van der Waals surface area contributed by atoms with Crippen LogP contribution in [0.5, 0.6) is 0 Å². The third-order valence-electron chi connectivity index (χ3n) is 8.76. The molecule has 8 nitrogen and oxygen atoms in total. The Morgan fingerprint density at radius 2 is 1.95 bits per heavy atom. The lowest BCUT2D eigenvalue weighted by atomic mass is 9.77. The summed E-state index contributed by atoms with van der Waals surface area (Å²) in [6, 6.07) is 11.3. The lowest BCUT2D eigenvalue weighted by Gasteiger charge is -2.45. The van der Waals surface area contributed by atoms with Gasteiger partial charge in [0.1, 0.15) is 17.5 Å². The number of hydrogen-bond donors (Lipinski definition) is 2. The number of nitrogens with one attached hydrogen (secondary N) is 2. The Bertz CT molecular complexity index is 1350. The zero-order valence-electron chi connectivity index (χ0n) is 24.9. The molecule has 2 atom stereocenters. The molecular formula is C32H45FN8. The molecule has 4 heterocycles. The van der Waals surface area contributed by atoms with Crippen LogP contribution in [0.3, 0.4) is 0 Å². The summed E-state index contributed by atoms with van der Waals surface area (Å²) in [6.45, 7) is 16.8. The fourth-order valence-electron chi connectivity index (χ4n) is 5.99. The molecule has 2 aromatic heterocycles. The van der Waals surface area contributed by atoms with Gasteiger partial charge in [-0.15, -0.1) is 6.58 Å². The van der Waals surface area contributed by atoms with Crippen molar-refractivity contribution in [3.63, 3.8) is 0 Å². The molecule has 1 aromatic carbocycles. The van der Waals surface area contributed by atoms with Gasteiger partial charge in [-0.3, -0.25) is 0 Å². The summed E-state index contributed by atoms with van der Waals surface area (Å²) >= 11 is 0. The van der Waals surface area contributed by atoms with E-state index in [1.807, 2.05) is 29.8 Å². The maximum atomic E-state index is 13.9. The second kappa shape index (κ2) is 12.6. The SMILES string of the molecule is C=CCNCC(C)(C(=C)N1CCCCC1c1cc2nc(N3CCC3)cc(N(C)CCNC)n2n1)c1ccc(F)cc1. The van der Waals surface area contributed by atoms with E-state index in [1.54, 1.807) is 0 Å². The second-order valence-corrected chi connectivity index (χ2v) is 11.6. The first-order valence-electron chi connectivity index (χ1n) is 14.9. The standard InChI is InChI=1S/C32H45FN8/c1-6-15-35-23-32(3,25-11-13-26(33)14-12-25)24(2)40-19-8-7-10-28(40)27-21-30-36-29(39-17-9-18-39)22-31(41(30)37-27)38(5)20-16-34-4/h6,11-14,21-22,28,34-35H,1-2,7-10,15-20,23H2,3-5H3. The summed E-state index contributed by atoms with van der Waals surface area (Å²) in [5, 5.41) is 12.0. The summed E-state index contributed by atoms with van der Waals surface area (Å²) in [6.07, 6.45) is 6.28. The Balaban J connectivity index is 1.52. The van der Waals surface area contributed by atoms with Crippen molar-refractivity contribution in [2.24, 2.45) is 0 Å². The Hall–Kier alpha value is -3.43. The minimum absolute atomic E-state index is 0.0834. The van der Waals surface area contributed by atoms with Crippen LogP contribution >= 0.6 is 0 Å². The molecule has 0 saturated carbocycles. The lowest BCUT2D eigenvalue weighted by molar-refractivity contribution is 0.165. The average Bonchev–Trinajstić information content (AvgIpc) is 3.38. The molecule has 2 aliphatic rings. The van der Waals surface area contributed by atoms with E-state index >= 15 is 0 Å². The van der Waals surface area contributed by atoms with Crippen LogP contribution in [0.1, 0.15) is 49.9 Å². The van der Waals surface area contributed by atoms with Crippen LogP contribution in [0.4, 0.5) is 16.0 Å². The minimum atomic E-state index is -0.438. The fourth-order valence-corrected chi connectivity index (χ4v) is 5.99. The van der Waals surface area contributed by atoms with E-state index in [-0.39, 0.29) is 11.9 Å². The highest BCUT2D eigenvalue weighted by atomic mass is 19.1. The normalized spacial score (nSPS) is 18.7. The Kier molecular flexibility index (Phi) is 8.94. The number of fused-ring (bicyclic) bond motifs is 1. The van der Waals surface area contributed by atoms with E-state index in [4.69, 9.17) is 10.1 Å². The van der Waals surface area contributed by atoms with Crippen molar-refractivity contribution >= 4 is 17.3 Å². The van der Waals surface area contributed by atoms with Crippen LogP contribution in [0.25, 0.3) is 5.65 Å². The third kappa shape index (κ3) is 5.97. The van der Waals surface area contributed by atoms with Gasteiger partial charge in [-0.25, -0.2) is 9.37 Å². The van der Waals surface area contributed by atoms with Crippen LogP contribution in [-0.2, 0) is 5.41 Å². The van der Waals surface area contributed by atoms with Gasteiger partial charge in [0.2, 0.25) is 0 Å². The van der Waals surface area contributed by atoms with Gasteiger partial charge < -0.3 is 25.3 Å². The molecule has 2 unspecified atom stereocenters.